The molecule has 0 aromatic heterocycles. The minimum absolute atomic E-state index is 0.0557. The van der Waals surface area contributed by atoms with Gasteiger partial charge in [0.2, 0.25) is 15.9 Å². The van der Waals surface area contributed by atoms with Crippen LogP contribution in [0.3, 0.4) is 0 Å². The Morgan fingerprint density at radius 3 is 2.28 bits per heavy atom. The van der Waals surface area contributed by atoms with Crippen molar-refractivity contribution in [1.29, 1.82) is 0 Å². The van der Waals surface area contributed by atoms with E-state index in [-0.39, 0.29) is 12.3 Å². The van der Waals surface area contributed by atoms with Crippen LogP contribution in [0.25, 0.3) is 0 Å². The number of aryl methyl sites for hydroxylation is 1. The second-order valence-corrected chi connectivity index (χ2v) is 8.29. The zero-order chi connectivity index (χ0) is 21.7. The summed E-state index contributed by atoms with van der Waals surface area (Å²) in [7, 11) is -3.68. The highest BCUT2D eigenvalue weighted by Crippen LogP contribution is 2.22. The van der Waals surface area contributed by atoms with E-state index in [1.54, 1.807) is 31.2 Å². The standard InChI is InChI=1S/C19H21F3N2O4S/c1-14-5-3-4-6-17(14)24(29(2,26)27)12-18(25)23-11-15-7-9-16(10-8-15)28-13-19(20,21)22/h3-10H,11-13H2,1-2H3,(H,23,25). The van der Waals surface area contributed by atoms with E-state index in [0.29, 0.717) is 16.8 Å². The summed E-state index contributed by atoms with van der Waals surface area (Å²) in [6, 6.07) is 12.6. The lowest BCUT2D eigenvalue weighted by Gasteiger charge is -2.23. The van der Waals surface area contributed by atoms with Gasteiger partial charge in [-0.3, -0.25) is 9.10 Å². The van der Waals surface area contributed by atoms with Crippen LogP contribution in [0.2, 0.25) is 0 Å². The van der Waals surface area contributed by atoms with Crippen LogP contribution in [0, 0.1) is 6.92 Å². The van der Waals surface area contributed by atoms with E-state index < -0.39 is 35.3 Å². The topological polar surface area (TPSA) is 75.7 Å². The monoisotopic (exact) mass is 430 g/mol. The van der Waals surface area contributed by atoms with Crippen molar-refractivity contribution < 1.29 is 31.1 Å². The second kappa shape index (κ2) is 9.17. The molecule has 0 bridgehead atoms. The summed E-state index contributed by atoms with van der Waals surface area (Å²) in [5, 5.41) is 2.60. The van der Waals surface area contributed by atoms with Gasteiger partial charge >= 0.3 is 6.18 Å². The van der Waals surface area contributed by atoms with Gasteiger partial charge in [-0.15, -0.1) is 0 Å². The van der Waals surface area contributed by atoms with Crippen molar-refractivity contribution in [2.45, 2.75) is 19.6 Å². The van der Waals surface area contributed by atoms with Gasteiger partial charge in [0.15, 0.2) is 6.61 Å². The number of halogens is 3. The van der Waals surface area contributed by atoms with E-state index in [4.69, 9.17) is 0 Å². The highest BCUT2D eigenvalue weighted by atomic mass is 32.2. The number of carbonyl (C=O) groups excluding carboxylic acids is 1. The SMILES string of the molecule is Cc1ccccc1N(CC(=O)NCc1ccc(OCC(F)(F)F)cc1)S(C)(=O)=O. The van der Waals surface area contributed by atoms with Crippen LogP contribution in [-0.4, -0.2) is 39.9 Å². The van der Waals surface area contributed by atoms with Gasteiger partial charge in [-0.2, -0.15) is 13.2 Å². The summed E-state index contributed by atoms with van der Waals surface area (Å²) in [5.74, 6) is -0.462. The van der Waals surface area contributed by atoms with Crippen LogP contribution in [0.4, 0.5) is 18.9 Å². The van der Waals surface area contributed by atoms with Crippen molar-refractivity contribution in [2.24, 2.45) is 0 Å². The number of hydrogen-bond acceptors (Lipinski definition) is 4. The lowest BCUT2D eigenvalue weighted by Crippen LogP contribution is -2.40. The average Bonchev–Trinajstić information content (AvgIpc) is 2.63. The number of rotatable bonds is 8. The minimum Gasteiger partial charge on any atom is -0.484 e. The molecule has 2 rings (SSSR count). The summed E-state index contributed by atoms with van der Waals surface area (Å²) < 4.78 is 66.3. The number of carbonyl (C=O) groups is 1. The Kier molecular flexibility index (Phi) is 7.12. The molecule has 2 aromatic rings. The summed E-state index contributed by atoms with van der Waals surface area (Å²) in [6.07, 6.45) is -3.40. The molecule has 29 heavy (non-hydrogen) atoms. The fraction of sp³-hybridized carbons (Fsp3) is 0.316. The van der Waals surface area contributed by atoms with Crippen molar-refractivity contribution >= 4 is 21.6 Å². The number of nitrogens with zero attached hydrogens (tertiary/aromatic N) is 1. The summed E-state index contributed by atoms with van der Waals surface area (Å²) in [5.41, 5.74) is 1.75. The molecule has 10 heteroatoms. The van der Waals surface area contributed by atoms with Gasteiger partial charge in [-0.25, -0.2) is 8.42 Å². The molecule has 0 atom stereocenters. The van der Waals surface area contributed by atoms with Gasteiger partial charge < -0.3 is 10.1 Å². The normalized spacial score (nSPS) is 11.8. The molecule has 0 aliphatic heterocycles. The van der Waals surface area contributed by atoms with Gasteiger partial charge in [-0.1, -0.05) is 30.3 Å². The Balaban J connectivity index is 1.96. The van der Waals surface area contributed by atoms with E-state index in [9.17, 15) is 26.4 Å². The molecule has 0 aliphatic carbocycles. The molecule has 0 spiro atoms. The van der Waals surface area contributed by atoms with E-state index in [0.717, 1.165) is 10.6 Å². The van der Waals surface area contributed by atoms with Gasteiger partial charge in [0.25, 0.3) is 0 Å². The maximum atomic E-state index is 12.3. The summed E-state index contributed by atoms with van der Waals surface area (Å²) in [6.45, 7) is 0.0529. The molecule has 1 N–H and O–H groups in total. The zero-order valence-electron chi connectivity index (χ0n) is 15.9. The molecule has 0 heterocycles. The number of alkyl halides is 3. The molecule has 0 saturated heterocycles. The fourth-order valence-corrected chi connectivity index (χ4v) is 3.39. The molecule has 2 aromatic carbocycles. The number of para-hydroxylation sites is 1. The predicted molar refractivity (Wildman–Crippen MR) is 103 cm³/mol. The molecule has 0 radical (unpaired) electrons. The Bertz CT molecular complexity index is 945. The first-order chi connectivity index (χ1) is 13.5. The number of nitrogens with one attached hydrogen (secondary N) is 1. The van der Waals surface area contributed by atoms with Gasteiger partial charge in [0.05, 0.1) is 11.9 Å². The summed E-state index contributed by atoms with van der Waals surface area (Å²) >= 11 is 0. The zero-order valence-corrected chi connectivity index (χ0v) is 16.7. The lowest BCUT2D eigenvalue weighted by molar-refractivity contribution is -0.153. The van der Waals surface area contributed by atoms with Crippen LogP contribution < -0.4 is 14.4 Å². The van der Waals surface area contributed by atoms with Gasteiger partial charge in [0, 0.05) is 6.54 Å². The Morgan fingerprint density at radius 2 is 1.72 bits per heavy atom. The fourth-order valence-electron chi connectivity index (χ4n) is 2.48. The number of hydrogen-bond donors (Lipinski definition) is 1. The van der Waals surface area contributed by atoms with E-state index in [2.05, 4.69) is 10.1 Å². The van der Waals surface area contributed by atoms with Gasteiger partial charge in [-0.05, 0) is 36.2 Å². The minimum atomic E-state index is -4.42. The molecule has 1 amide bonds. The van der Waals surface area contributed by atoms with Crippen molar-refractivity contribution in [2.75, 3.05) is 23.7 Å². The third-order valence-electron chi connectivity index (χ3n) is 3.89. The first-order valence-electron chi connectivity index (χ1n) is 8.54. The second-order valence-electron chi connectivity index (χ2n) is 6.38. The Morgan fingerprint density at radius 1 is 1.10 bits per heavy atom. The highest BCUT2D eigenvalue weighted by molar-refractivity contribution is 7.92. The van der Waals surface area contributed by atoms with Crippen molar-refractivity contribution in [3.8, 4) is 5.75 Å². The van der Waals surface area contributed by atoms with E-state index in [1.165, 1.54) is 24.3 Å². The van der Waals surface area contributed by atoms with Crippen LogP contribution in [0.1, 0.15) is 11.1 Å². The largest absolute Gasteiger partial charge is 0.484 e. The average molecular weight is 430 g/mol. The first-order valence-corrected chi connectivity index (χ1v) is 10.4. The van der Waals surface area contributed by atoms with E-state index >= 15 is 0 Å². The molecule has 158 valence electrons. The van der Waals surface area contributed by atoms with Crippen LogP contribution >= 0.6 is 0 Å². The molecular weight excluding hydrogens is 409 g/mol. The third kappa shape index (κ3) is 7.30. The molecule has 0 fully saturated rings. The predicted octanol–water partition coefficient (Wildman–Crippen LogP) is 3.02. The first kappa shape index (κ1) is 22.5. The number of ether oxygens (including phenoxy) is 1. The molecule has 0 aliphatic rings. The Hall–Kier alpha value is -2.75. The quantitative estimate of drug-likeness (QED) is 0.699. The van der Waals surface area contributed by atoms with E-state index in [1.807, 2.05) is 0 Å². The maximum absolute atomic E-state index is 12.3. The lowest BCUT2D eigenvalue weighted by atomic mass is 10.2. The number of benzene rings is 2. The molecule has 6 nitrogen and oxygen atoms in total. The Labute approximate surface area is 167 Å². The van der Waals surface area contributed by atoms with Crippen molar-refractivity contribution in [3.63, 3.8) is 0 Å². The number of amides is 1. The number of sulfonamides is 1. The summed E-state index contributed by atoms with van der Waals surface area (Å²) in [4.78, 5) is 12.3. The molecule has 0 unspecified atom stereocenters. The van der Waals surface area contributed by atoms with Gasteiger partial charge in [0.1, 0.15) is 12.3 Å². The maximum Gasteiger partial charge on any atom is 0.422 e. The molecular formula is C19H21F3N2O4S. The highest BCUT2D eigenvalue weighted by Gasteiger charge is 2.28. The third-order valence-corrected chi connectivity index (χ3v) is 5.01. The smallest absolute Gasteiger partial charge is 0.422 e. The molecule has 0 saturated carbocycles. The van der Waals surface area contributed by atoms with Crippen molar-refractivity contribution in [3.05, 3.63) is 59.7 Å². The van der Waals surface area contributed by atoms with Crippen molar-refractivity contribution in [1.82, 2.24) is 5.32 Å². The van der Waals surface area contributed by atoms with Crippen LogP contribution in [0.15, 0.2) is 48.5 Å². The number of anilines is 1. The van der Waals surface area contributed by atoms with Crippen LogP contribution in [0.5, 0.6) is 5.75 Å². The van der Waals surface area contributed by atoms with Crippen LogP contribution in [-0.2, 0) is 21.4 Å².